The monoisotopic (exact) mass is 278 g/mol. The van der Waals surface area contributed by atoms with Gasteiger partial charge >= 0.3 is 5.97 Å². The van der Waals surface area contributed by atoms with Crippen LogP contribution in [0.1, 0.15) is 43.6 Å². The Bertz CT molecular complexity index is 485. The Kier molecular flexibility index (Phi) is 3.53. The van der Waals surface area contributed by atoms with Crippen LogP contribution in [0.2, 0.25) is 5.02 Å². The zero-order chi connectivity index (χ0) is 13.4. The smallest absolute Gasteiger partial charge is 0.311 e. The van der Waals surface area contributed by atoms with Gasteiger partial charge in [-0.15, -0.1) is 0 Å². The molecule has 2 aliphatic rings. The van der Waals surface area contributed by atoms with E-state index in [-0.39, 0.29) is 0 Å². The molecule has 2 aliphatic carbocycles. The number of halogens is 1. The predicted octanol–water partition coefficient (Wildman–Crippen LogP) is 4.33. The molecule has 19 heavy (non-hydrogen) atoms. The van der Waals surface area contributed by atoms with E-state index in [0.717, 1.165) is 23.8 Å². The molecule has 3 rings (SSSR count). The lowest BCUT2D eigenvalue weighted by atomic mass is 9.80. The molecule has 0 amide bonds. The van der Waals surface area contributed by atoms with Crippen molar-refractivity contribution in [2.45, 2.75) is 38.0 Å². The second kappa shape index (κ2) is 5.16. The van der Waals surface area contributed by atoms with Crippen molar-refractivity contribution in [3.05, 3.63) is 34.9 Å². The highest BCUT2D eigenvalue weighted by Gasteiger charge is 2.41. The van der Waals surface area contributed by atoms with Crippen LogP contribution in [0.4, 0.5) is 0 Å². The molecule has 4 unspecified atom stereocenters. The second-order valence-corrected chi connectivity index (χ2v) is 6.49. The standard InChI is InChI=1S/C16H19ClO2/c17-15-4-2-1-3-13(15)14(16(18)19)9-12-8-10-5-6-11(12)7-10/h1-4,10-12,14H,5-9H2,(H,18,19). The molecular formula is C16H19ClO2. The maximum atomic E-state index is 11.6. The molecule has 1 aromatic rings. The summed E-state index contributed by atoms with van der Waals surface area (Å²) in [6.07, 6.45) is 5.94. The maximum absolute atomic E-state index is 11.6. The average molecular weight is 279 g/mol. The van der Waals surface area contributed by atoms with Gasteiger partial charge in [-0.05, 0) is 55.1 Å². The number of aliphatic carboxylic acids is 1. The normalized spacial score (nSPS) is 30.5. The van der Waals surface area contributed by atoms with E-state index in [9.17, 15) is 9.90 Å². The molecule has 0 aromatic heterocycles. The Morgan fingerprint density at radius 2 is 2.11 bits per heavy atom. The predicted molar refractivity (Wildman–Crippen MR) is 75.4 cm³/mol. The Labute approximate surface area is 118 Å². The van der Waals surface area contributed by atoms with Crippen molar-refractivity contribution in [3.63, 3.8) is 0 Å². The van der Waals surface area contributed by atoms with Gasteiger partial charge in [0, 0.05) is 5.02 Å². The summed E-state index contributed by atoms with van der Waals surface area (Å²) in [5.74, 6) is 1.01. The van der Waals surface area contributed by atoms with Gasteiger partial charge in [-0.1, -0.05) is 36.2 Å². The molecule has 2 saturated carbocycles. The Morgan fingerprint density at radius 3 is 2.68 bits per heavy atom. The molecule has 0 heterocycles. The third kappa shape index (κ3) is 2.51. The summed E-state index contributed by atoms with van der Waals surface area (Å²) in [7, 11) is 0. The van der Waals surface area contributed by atoms with Crippen LogP contribution in [0, 0.1) is 17.8 Å². The summed E-state index contributed by atoms with van der Waals surface area (Å²) in [5.41, 5.74) is 0.777. The third-order valence-electron chi connectivity index (χ3n) is 5.00. The van der Waals surface area contributed by atoms with Crippen LogP contribution in [0.5, 0.6) is 0 Å². The molecule has 102 valence electrons. The molecule has 2 nitrogen and oxygen atoms in total. The quantitative estimate of drug-likeness (QED) is 0.890. The first-order chi connectivity index (χ1) is 9.15. The van der Waals surface area contributed by atoms with Crippen molar-refractivity contribution < 1.29 is 9.90 Å². The average Bonchev–Trinajstić information content (AvgIpc) is 2.99. The van der Waals surface area contributed by atoms with Gasteiger partial charge in [0.25, 0.3) is 0 Å². The molecule has 1 N–H and O–H groups in total. The number of hydrogen-bond acceptors (Lipinski definition) is 1. The number of fused-ring (bicyclic) bond motifs is 2. The Morgan fingerprint density at radius 1 is 1.32 bits per heavy atom. The molecular weight excluding hydrogens is 260 g/mol. The number of benzene rings is 1. The fourth-order valence-electron chi connectivity index (χ4n) is 4.09. The van der Waals surface area contributed by atoms with Gasteiger partial charge in [0.05, 0.1) is 5.92 Å². The van der Waals surface area contributed by atoms with Crippen LogP contribution in [0.25, 0.3) is 0 Å². The Hall–Kier alpha value is -1.02. The van der Waals surface area contributed by atoms with Crippen LogP contribution in [-0.2, 0) is 4.79 Å². The van der Waals surface area contributed by atoms with E-state index >= 15 is 0 Å². The minimum atomic E-state index is -0.740. The van der Waals surface area contributed by atoms with Crippen LogP contribution in [-0.4, -0.2) is 11.1 Å². The lowest BCUT2D eigenvalue weighted by molar-refractivity contribution is -0.139. The van der Waals surface area contributed by atoms with Crippen molar-refractivity contribution >= 4 is 17.6 Å². The van der Waals surface area contributed by atoms with E-state index in [2.05, 4.69) is 0 Å². The fraction of sp³-hybridized carbons (Fsp3) is 0.562. The zero-order valence-electron chi connectivity index (χ0n) is 10.9. The van der Waals surface area contributed by atoms with Crippen molar-refractivity contribution in [3.8, 4) is 0 Å². The lowest BCUT2D eigenvalue weighted by Gasteiger charge is -2.25. The summed E-state index contributed by atoms with van der Waals surface area (Å²) < 4.78 is 0. The molecule has 4 atom stereocenters. The largest absolute Gasteiger partial charge is 0.481 e. The van der Waals surface area contributed by atoms with Gasteiger partial charge in [0.15, 0.2) is 0 Å². The van der Waals surface area contributed by atoms with Crippen LogP contribution < -0.4 is 0 Å². The molecule has 0 radical (unpaired) electrons. The van der Waals surface area contributed by atoms with E-state index in [1.807, 2.05) is 18.2 Å². The van der Waals surface area contributed by atoms with E-state index in [1.54, 1.807) is 6.07 Å². The highest BCUT2D eigenvalue weighted by Crippen LogP contribution is 2.51. The van der Waals surface area contributed by atoms with Gasteiger partial charge in [-0.2, -0.15) is 0 Å². The first-order valence-electron chi connectivity index (χ1n) is 7.12. The summed E-state index contributed by atoms with van der Waals surface area (Å²) in [5, 5.41) is 10.1. The van der Waals surface area contributed by atoms with Gasteiger partial charge < -0.3 is 5.11 Å². The fourth-order valence-corrected chi connectivity index (χ4v) is 4.35. The molecule has 1 aromatic carbocycles. The van der Waals surface area contributed by atoms with Crippen LogP contribution in [0.15, 0.2) is 24.3 Å². The van der Waals surface area contributed by atoms with Gasteiger partial charge in [0.2, 0.25) is 0 Å². The van der Waals surface area contributed by atoms with Crippen LogP contribution >= 0.6 is 11.6 Å². The van der Waals surface area contributed by atoms with E-state index in [4.69, 9.17) is 11.6 Å². The van der Waals surface area contributed by atoms with Crippen molar-refractivity contribution in [1.82, 2.24) is 0 Å². The van der Waals surface area contributed by atoms with Crippen LogP contribution in [0.3, 0.4) is 0 Å². The first-order valence-corrected chi connectivity index (χ1v) is 7.50. The van der Waals surface area contributed by atoms with Crippen molar-refractivity contribution in [2.75, 3.05) is 0 Å². The summed E-state index contributed by atoms with van der Waals surface area (Å²) in [6, 6.07) is 7.36. The van der Waals surface area contributed by atoms with Gasteiger partial charge in [-0.3, -0.25) is 4.79 Å². The van der Waals surface area contributed by atoms with E-state index in [0.29, 0.717) is 10.9 Å². The number of carbonyl (C=O) groups is 1. The summed E-state index contributed by atoms with van der Waals surface area (Å²) >= 11 is 6.16. The minimum Gasteiger partial charge on any atom is -0.481 e. The third-order valence-corrected chi connectivity index (χ3v) is 5.35. The van der Waals surface area contributed by atoms with E-state index in [1.165, 1.54) is 25.7 Å². The van der Waals surface area contributed by atoms with Gasteiger partial charge in [-0.25, -0.2) is 0 Å². The summed E-state index contributed by atoms with van der Waals surface area (Å²) in [4.78, 5) is 11.6. The molecule has 0 spiro atoms. The molecule has 0 saturated heterocycles. The number of hydrogen-bond donors (Lipinski definition) is 1. The van der Waals surface area contributed by atoms with Crippen molar-refractivity contribution in [2.24, 2.45) is 17.8 Å². The lowest BCUT2D eigenvalue weighted by Crippen LogP contribution is -2.20. The molecule has 0 aliphatic heterocycles. The SMILES string of the molecule is O=C(O)C(CC1CC2CCC1C2)c1ccccc1Cl. The Balaban J connectivity index is 1.79. The van der Waals surface area contributed by atoms with Gasteiger partial charge in [0.1, 0.15) is 0 Å². The minimum absolute atomic E-state index is 0.446. The van der Waals surface area contributed by atoms with E-state index < -0.39 is 11.9 Å². The van der Waals surface area contributed by atoms with Crippen molar-refractivity contribution in [1.29, 1.82) is 0 Å². The summed E-state index contributed by atoms with van der Waals surface area (Å²) in [6.45, 7) is 0. The second-order valence-electron chi connectivity index (χ2n) is 6.08. The zero-order valence-corrected chi connectivity index (χ0v) is 11.6. The number of rotatable bonds is 4. The highest BCUT2D eigenvalue weighted by atomic mass is 35.5. The number of carboxylic acid groups (broad SMARTS) is 1. The first kappa shape index (κ1) is 13.0. The topological polar surface area (TPSA) is 37.3 Å². The number of carboxylic acids is 1. The molecule has 3 heteroatoms. The molecule has 2 bridgehead atoms. The molecule has 2 fully saturated rings. The highest BCUT2D eigenvalue weighted by molar-refractivity contribution is 6.31. The maximum Gasteiger partial charge on any atom is 0.311 e.